The van der Waals surface area contributed by atoms with Gasteiger partial charge in [0.25, 0.3) is 5.91 Å². The molecule has 0 saturated carbocycles. The minimum atomic E-state index is -0.549. The van der Waals surface area contributed by atoms with Gasteiger partial charge in [0.05, 0.1) is 23.1 Å². The minimum Gasteiger partial charge on any atom is -0.487 e. The van der Waals surface area contributed by atoms with Gasteiger partial charge in [0.1, 0.15) is 0 Å². The molecular formula is C12H15N3O4. The summed E-state index contributed by atoms with van der Waals surface area (Å²) in [5, 5.41) is 16.8. The van der Waals surface area contributed by atoms with Crippen LogP contribution in [0.2, 0.25) is 0 Å². The lowest BCUT2D eigenvalue weighted by atomic mass is 10.1. The highest BCUT2D eigenvalue weighted by Crippen LogP contribution is 2.30. The number of benzene rings is 1. The molecule has 1 aliphatic heterocycles. The van der Waals surface area contributed by atoms with Crippen LogP contribution in [0, 0.1) is 10.1 Å². The average molecular weight is 265 g/mol. The smallest absolute Gasteiger partial charge is 0.311 e. The third-order valence-corrected chi connectivity index (χ3v) is 2.84. The number of rotatable bonds is 5. The molecule has 7 heteroatoms. The zero-order valence-corrected chi connectivity index (χ0v) is 10.5. The molecule has 1 saturated heterocycles. The quantitative estimate of drug-likeness (QED) is 0.603. The van der Waals surface area contributed by atoms with E-state index in [1.807, 2.05) is 0 Å². The first kappa shape index (κ1) is 13.3. The Balaban J connectivity index is 2.29. The van der Waals surface area contributed by atoms with Crippen LogP contribution in [-0.2, 0) is 0 Å². The average Bonchev–Trinajstić information content (AvgIpc) is 2.34. The molecule has 1 amide bonds. The van der Waals surface area contributed by atoms with E-state index in [1.165, 1.54) is 18.2 Å². The molecule has 0 aromatic heterocycles. The van der Waals surface area contributed by atoms with Crippen molar-refractivity contribution < 1.29 is 14.5 Å². The fourth-order valence-corrected chi connectivity index (χ4v) is 1.80. The zero-order chi connectivity index (χ0) is 13.8. The Bertz CT molecular complexity index is 500. The number of nitro groups is 1. The Kier molecular flexibility index (Phi) is 3.96. The first-order valence-corrected chi connectivity index (χ1v) is 6.05. The zero-order valence-electron chi connectivity index (χ0n) is 10.5. The Labute approximate surface area is 110 Å². The van der Waals surface area contributed by atoms with Crippen molar-refractivity contribution in [3.05, 3.63) is 33.9 Å². The minimum absolute atomic E-state index is 0.0276. The lowest BCUT2D eigenvalue weighted by Gasteiger charge is -2.28. The van der Waals surface area contributed by atoms with E-state index in [2.05, 4.69) is 10.6 Å². The van der Waals surface area contributed by atoms with Crippen LogP contribution >= 0.6 is 0 Å². The molecule has 0 unspecified atom stereocenters. The molecule has 19 heavy (non-hydrogen) atoms. The van der Waals surface area contributed by atoms with E-state index >= 15 is 0 Å². The normalized spacial score (nSPS) is 14.6. The highest BCUT2D eigenvalue weighted by atomic mass is 16.6. The first-order valence-electron chi connectivity index (χ1n) is 6.05. The number of hydrogen-bond donors (Lipinski definition) is 2. The summed E-state index contributed by atoms with van der Waals surface area (Å²) in [6.45, 7) is 3.40. The summed E-state index contributed by atoms with van der Waals surface area (Å²) in [4.78, 5) is 22.5. The summed E-state index contributed by atoms with van der Waals surface area (Å²) < 4.78 is 5.27. The van der Waals surface area contributed by atoms with Crippen molar-refractivity contribution >= 4 is 11.6 Å². The van der Waals surface area contributed by atoms with Gasteiger partial charge in [0.2, 0.25) is 5.75 Å². The van der Waals surface area contributed by atoms with Gasteiger partial charge in [-0.1, -0.05) is 6.07 Å². The Hall–Kier alpha value is -2.15. The maximum atomic E-state index is 12.1. The number of carbonyl (C=O) groups is 1. The van der Waals surface area contributed by atoms with Gasteiger partial charge in [-0.15, -0.1) is 0 Å². The van der Waals surface area contributed by atoms with Crippen molar-refractivity contribution in [2.75, 3.05) is 19.7 Å². The molecular weight excluding hydrogens is 250 g/mol. The molecule has 1 aliphatic rings. The molecule has 1 aromatic carbocycles. The largest absolute Gasteiger partial charge is 0.487 e. The third-order valence-electron chi connectivity index (χ3n) is 2.84. The summed E-state index contributed by atoms with van der Waals surface area (Å²) in [6, 6.07) is 4.40. The highest BCUT2D eigenvalue weighted by molar-refractivity contribution is 5.98. The van der Waals surface area contributed by atoms with Crippen LogP contribution in [-0.4, -0.2) is 36.6 Å². The maximum Gasteiger partial charge on any atom is 0.311 e. The fourth-order valence-electron chi connectivity index (χ4n) is 1.80. The van der Waals surface area contributed by atoms with Crippen molar-refractivity contribution in [1.29, 1.82) is 0 Å². The number of nitro benzene ring substituents is 1. The molecule has 0 bridgehead atoms. The Morgan fingerprint density at radius 3 is 2.84 bits per heavy atom. The van der Waals surface area contributed by atoms with E-state index in [0.717, 1.165) is 0 Å². The van der Waals surface area contributed by atoms with Gasteiger partial charge in [-0.3, -0.25) is 14.9 Å². The number of ether oxygens (including phenoxy) is 1. The van der Waals surface area contributed by atoms with Crippen LogP contribution in [0.25, 0.3) is 0 Å². The predicted molar refractivity (Wildman–Crippen MR) is 68.4 cm³/mol. The van der Waals surface area contributed by atoms with E-state index in [4.69, 9.17) is 4.74 Å². The lowest BCUT2D eigenvalue weighted by molar-refractivity contribution is -0.385. The second-order valence-electron chi connectivity index (χ2n) is 4.17. The molecule has 1 fully saturated rings. The Morgan fingerprint density at radius 1 is 1.58 bits per heavy atom. The highest BCUT2D eigenvalue weighted by Gasteiger charge is 2.26. The molecule has 2 N–H and O–H groups in total. The molecule has 0 spiro atoms. The number of hydrogen-bond acceptors (Lipinski definition) is 5. The predicted octanol–water partition coefficient (Wildman–Crippen LogP) is 0.695. The summed E-state index contributed by atoms with van der Waals surface area (Å²) in [6.07, 6.45) is 0. The second kappa shape index (κ2) is 5.66. The van der Waals surface area contributed by atoms with Gasteiger partial charge >= 0.3 is 5.69 Å². The molecule has 102 valence electrons. The van der Waals surface area contributed by atoms with Gasteiger partial charge < -0.3 is 15.4 Å². The van der Waals surface area contributed by atoms with Crippen molar-refractivity contribution in [3.63, 3.8) is 0 Å². The molecule has 0 atom stereocenters. The van der Waals surface area contributed by atoms with Crippen LogP contribution in [0.1, 0.15) is 17.3 Å². The van der Waals surface area contributed by atoms with Gasteiger partial charge in [0, 0.05) is 19.2 Å². The number of carbonyl (C=O) groups excluding carboxylic acids is 1. The molecule has 7 nitrogen and oxygen atoms in total. The van der Waals surface area contributed by atoms with Crippen molar-refractivity contribution in [1.82, 2.24) is 10.6 Å². The standard InChI is InChI=1S/C12H15N3O4/c1-2-19-11-9(4-3-5-10(11)15(17)18)12(16)14-8-6-13-7-8/h3-5,8,13H,2,6-7H2,1H3,(H,14,16). The first-order chi connectivity index (χ1) is 9.13. The summed E-state index contributed by atoms with van der Waals surface area (Å²) in [5.41, 5.74) is 0.00387. The molecule has 1 heterocycles. The molecule has 0 radical (unpaired) electrons. The van der Waals surface area contributed by atoms with Gasteiger partial charge in [-0.05, 0) is 13.0 Å². The van der Waals surface area contributed by atoms with Crippen LogP contribution in [0.5, 0.6) is 5.75 Å². The SMILES string of the molecule is CCOc1c(C(=O)NC2CNC2)cccc1[N+](=O)[O-]. The number of amides is 1. The number of para-hydroxylation sites is 1. The lowest BCUT2D eigenvalue weighted by Crippen LogP contribution is -2.56. The topological polar surface area (TPSA) is 93.5 Å². The molecule has 1 aromatic rings. The molecule has 0 aliphatic carbocycles. The van der Waals surface area contributed by atoms with E-state index in [-0.39, 0.29) is 35.6 Å². The van der Waals surface area contributed by atoms with Crippen molar-refractivity contribution in [2.24, 2.45) is 0 Å². The van der Waals surface area contributed by atoms with Crippen LogP contribution < -0.4 is 15.4 Å². The number of nitrogens with one attached hydrogen (secondary N) is 2. The van der Waals surface area contributed by atoms with Crippen LogP contribution in [0.3, 0.4) is 0 Å². The van der Waals surface area contributed by atoms with E-state index in [9.17, 15) is 14.9 Å². The second-order valence-corrected chi connectivity index (χ2v) is 4.17. The summed E-state index contributed by atoms with van der Waals surface area (Å²) >= 11 is 0. The van der Waals surface area contributed by atoms with E-state index < -0.39 is 4.92 Å². The summed E-state index contributed by atoms with van der Waals surface area (Å²) in [7, 11) is 0. The van der Waals surface area contributed by atoms with E-state index in [1.54, 1.807) is 6.92 Å². The summed E-state index contributed by atoms with van der Waals surface area (Å²) in [5.74, 6) is -0.321. The van der Waals surface area contributed by atoms with Crippen molar-refractivity contribution in [2.45, 2.75) is 13.0 Å². The van der Waals surface area contributed by atoms with Gasteiger partial charge in [0.15, 0.2) is 0 Å². The monoisotopic (exact) mass is 265 g/mol. The third kappa shape index (κ3) is 2.82. The van der Waals surface area contributed by atoms with Gasteiger partial charge in [-0.25, -0.2) is 0 Å². The fraction of sp³-hybridized carbons (Fsp3) is 0.417. The molecule has 2 rings (SSSR count). The maximum absolute atomic E-state index is 12.1. The Morgan fingerprint density at radius 2 is 2.32 bits per heavy atom. The van der Waals surface area contributed by atoms with Gasteiger partial charge in [-0.2, -0.15) is 0 Å². The van der Waals surface area contributed by atoms with Crippen LogP contribution in [0.15, 0.2) is 18.2 Å². The number of nitrogens with zero attached hydrogens (tertiary/aromatic N) is 1. The van der Waals surface area contributed by atoms with Crippen LogP contribution in [0.4, 0.5) is 5.69 Å². The van der Waals surface area contributed by atoms with E-state index in [0.29, 0.717) is 13.1 Å². The van der Waals surface area contributed by atoms with Crippen molar-refractivity contribution in [3.8, 4) is 5.75 Å².